The van der Waals surface area contributed by atoms with E-state index in [4.69, 9.17) is 10.9 Å². The van der Waals surface area contributed by atoms with Crippen molar-refractivity contribution in [1.82, 2.24) is 4.31 Å². The normalized spacial score (nSPS) is 17.4. The lowest BCUT2D eigenvalue weighted by Gasteiger charge is -2.36. The zero-order valence-corrected chi connectivity index (χ0v) is 9.26. The van der Waals surface area contributed by atoms with Crippen LogP contribution in [0, 0.1) is 0 Å². The molecule has 1 unspecified atom stereocenters. The van der Waals surface area contributed by atoms with Gasteiger partial charge in [-0.05, 0) is 13.3 Å². The van der Waals surface area contributed by atoms with E-state index in [2.05, 4.69) is 0 Å². The predicted octanol–water partition coefficient (Wildman–Crippen LogP) is -0.361. The molecule has 0 aliphatic carbocycles. The second kappa shape index (κ2) is 4.36. The molecule has 6 heteroatoms. The SMILES string of the molecule is CCN(C(C)(CC)CN)S(N)(=O)=O. The third-order valence-electron chi connectivity index (χ3n) is 2.40. The van der Waals surface area contributed by atoms with E-state index in [9.17, 15) is 8.42 Å². The van der Waals surface area contributed by atoms with E-state index in [0.29, 0.717) is 13.0 Å². The summed E-state index contributed by atoms with van der Waals surface area (Å²) in [5.74, 6) is 0. The number of rotatable bonds is 5. The highest BCUT2D eigenvalue weighted by molar-refractivity contribution is 7.86. The minimum absolute atomic E-state index is 0.272. The average molecular weight is 209 g/mol. The number of hydrogen-bond acceptors (Lipinski definition) is 3. The van der Waals surface area contributed by atoms with Crippen LogP contribution in [0.1, 0.15) is 27.2 Å². The monoisotopic (exact) mass is 209 g/mol. The third kappa shape index (κ3) is 2.91. The summed E-state index contributed by atoms with van der Waals surface area (Å²) in [6, 6.07) is 0. The van der Waals surface area contributed by atoms with Gasteiger partial charge in [-0.1, -0.05) is 13.8 Å². The lowest BCUT2D eigenvalue weighted by Crippen LogP contribution is -2.55. The zero-order chi connectivity index (χ0) is 10.7. The number of nitrogens with two attached hydrogens (primary N) is 2. The maximum absolute atomic E-state index is 11.2. The van der Waals surface area contributed by atoms with Crippen LogP contribution < -0.4 is 10.9 Å². The highest BCUT2D eigenvalue weighted by atomic mass is 32.2. The van der Waals surface area contributed by atoms with Crippen molar-refractivity contribution in [3.63, 3.8) is 0 Å². The molecule has 0 aromatic rings. The van der Waals surface area contributed by atoms with Gasteiger partial charge in [0.15, 0.2) is 0 Å². The summed E-state index contributed by atoms with van der Waals surface area (Å²) in [6.45, 7) is 6.05. The van der Waals surface area contributed by atoms with E-state index in [1.54, 1.807) is 13.8 Å². The molecule has 0 aliphatic heterocycles. The molecule has 0 bridgehead atoms. The van der Waals surface area contributed by atoms with Crippen LogP contribution in [0.15, 0.2) is 0 Å². The van der Waals surface area contributed by atoms with Gasteiger partial charge in [0.05, 0.1) is 0 Å². The van der Waals surface area contributed by atoms with Crippen LogP contribution in [0.25, 0.3) is 0 Å². The summed E-state index contributed by atoms with van der Waals surface area (Å²) in [5, 5.41) is 5.07. The fourth-order valence-corrected chi connectivity index (χ4v) is 2.47. The second-order valence-electron chi connectivity index (χ2n) is 3.26. The molecule has 13 heavy (non-hydrogen) atoms. The minimum atomic E-state index is -3.64. The third-order valence-corrected chi connectivity index (χ3v) is 3.71. The Kier molecular flexibility index (Phi) is 4.31. The minimum Gasteiger partial charge on any atom is -0.329 e. The molecule has 1 atom stereocenters. The molecule has 4 N–H and O–H groups in total. The Morgan fingerprint density at radius 3 is 1.92 bits per heavy atom. The summed E-state index contributed by atoms with van der Waals surface area (Å²) in [6.07, 6.45) is 0.647. The largest absolute Gasteiger partial charge is 0.329 e. The van der Waals surface area contributed by atoms with E-state index in [1.165, 1.54) is 4.31 Å². The summed E-state index contributed by atoms with van der Waals surface area (Å²) < 4.78 is 23.6. The van der Waals surface area contributed by atoms with Crippen LogP contribution in [-0.4, -0.2) is 31.4 Å². The number of hydrogen-bond donors (Lipinski definition) is 2. The van der Waals surface area contributed by atoms with E-state index in [0.717, 1.165) is 0 Å². The molecular formula is C7H19N3O2S. The number of nitrogens with zero attached hydrogens (tertiary/aromatic N) is 1. The molecule has 5 nitrogen and oxygen atoms in total. The highest BCUT2D eigenvalue weighted by Gasteiger charge is 2.34. The van der Waals surface area contributed by atoms with Crippen LogP contribution >= 0.6 is 0 Å². The molecule has 0 amide bonds. The fourth-order valence-electron chi connectivity index (χ4n) is 1.29. The maximum Gasteiger partial charge on any atom is 0.277 e. The molecule has 0 spiro atoms. The van der Waals surface area contributed by atoms with Gasteiger partial charge in [-0.2, -0.15) is 12.7 Å². The van der Waals surface area contributed by atoms with Gasteiger partial charge in [-0.15, -0.1) is 0 Å². The van der Waals surface area contributed by atoms with Crippen molar-refractivity contribution in [2.45, 2.75) is 32.7 Å². The Morgan fingerprint density at radius 2 is 1.85 bits per heavy atom. The van der Waals surface area contributed by atoms with Crippen molar-refractivity contribution < 1.29 is 8.42 Å². The Morgan fingerprint density at radius 1 is 1.38 bits per heavy atom. The summed E-state index contributed by atoms with van der Waals surface area (Å²) >= 11 is 0. The Labute approximate surface area is 80.3 Å². The van der Waals surface area contributed by atoms with Crippen molar-refractivity contribution >= 4 is 10.2 Å². The van der Waals surface area contributed by atoms with Crippen molar-refractivity contribution in [3.8, 4) is 0 Å². The van der Waals surface area contributed by atoms with Crippen LogP contribution in [0.2, 0.25) is 0 Å². The van der Waals surface area contributed by atoms with Crippen LogP contribution in [0.4, 0.5) is 0 Å². The molecule has 0 fully saturated rings. The van der Waals surface area contributed by atoms with Gasteiger partial charge >= 0.3 is 0 Å². The molecule has 0 aromatic carbocycles. The summed E-state index contributed by atoms with van der Waals surface area (Å²) in [4.78, 5) is 0. The van der Waals surface area contributed by atoms with Gasteiger partial charge in [0, 0.05) is 18.6 Å². The average Bonchev–Trinajstić information content (AvgIpc) is 2.02. The van der Waals surface area contributed by atoms with E-state index < -0.39 is 15.7 Å². The molecule has 0 saturated heterocycles. The lowest BCUT2D eigenvalue weighted by atomic mass is 9.99. The quantitative estimate of drug-likeness (QED) is 0.648. The first kappa shape index (κ1) is 12.8. The van der Waals surface area contributed by atoms with Crippen molar-refractivity contribution in [1.29, 1.82) is 0 Å². The van der Waals surface area contributed by atoms with E-state index in [-0.39, 0.29) is 6.54 Å². The standard InChI is InChI=1S/C7H19N3O2S/c1-4-7(3,6-8)10(5-2)13(9,11)12/h4-6,8H2,1-3H3,(H2,9,11,12). The maximum atomic E-state index is 11.2. The van der Waals surface area contributed by atoms with Gasteiger partial charge < -0.3 is 5.73 Å². The van der Waals surface area contributed by atoms with Crippen molar-refractivity contribution in [2.75, 3.05) is 13.1 Å². The van der Waals surface area contributed by atoms with Crippen LogP contribution in [-0.2, 0) is 10.2 Å². The molecule has 0 heterocycles. The topological polar surface area (TPSA) is 89.4 Å². The molecule has 0 saturated carbocycles. The zero-order valence-electron chi connectivity index (χ0n) is 8.45. The Hall–Kier alpha value is -0.170. The Bertz CT molecular complexity index is 246. The van der Waals surface area contributed by atoms with Gasteiger partial charge in [0.1, 0.15) is 0 Å². The van der Waals surface area contributed by atoms with Gasteiger partial charge in [-0.25, -0.2) is 5.14 Å². The van der Waals surface area contributed by atoms with Crippen molar-refractivity contribution in [3.05, 3.63) is 0 Å². The smallest absolute Gasteiger partial charge is 0.277 e. The van der Waals surface area contributed by atoms with Crippen LogP contribution in [0.5, 0.6) is 0 Å². The second-order valence-corrected chi connectivity index (χ2v) is 4.74. The molecule has 0 radical (unpaired) electrons. The molecule has 0 aliphatic rings. The van der Waals surface area contributed by atoms with Gasteiger partial charge in [0.25, 0.3) is 10.2 Å². The first-order valence-corrected chi connectivity index (χ1v) is 5.82. The molecule has 0 rings (SSSR count). The molecule has 80 valence electrons. The van der Waals surface area contributed by atoms with Gasteiger partial charge in [0.2, 0.25) is 0 Å². The summed E-state index contributed by atoms with van der Waals surface area (Å²) in [5.41, 5.74) is 4.96. The fraction of sp³-hybridized carbons (Fsp3) is 1.00. The molecular weight excluding hydrogens is 190 g/mol. The van der Waals surface area contributed by atoms with Crippen LogP contribution in [0.3, 0.4) is 0 Å². The first-order chi connectivity index (χ1) is 5.81. The van der Waals surface area contributed by atoms with Gasteiger partial charge in [-0.3, -0.25) is 0 Å². The van der Waals surface area contributed by atoms with E-state index in [1.807, 2.05) is 6.92 Å². The highest BCUT2D eigenvalue weighted by Crippen LogP contribution is 2.19. The first-order valence-electron chi connectivity index (χ1n) is 4.32. The Balaban J connectivity index is 4.96. The lowest BCUT2D eigenvalue weighted by molar-refractivity contribution is 0.214. The predicted molar refractivity (Wildman–Crippen MR) is 53.2 cm³/mol. The van der Waals surface area contributed by atoms with Crippen molar-refractivity contribution in [2.24, 2.45) is 10.9 Å². The van der Waals surface area contributed by atoms with E-state index >= 15 is 0 Å². The molecule has 0 aromatic heterocycles. The number of likely N-dealkylation sites (N-methyl/N-ethyl adjacent to an activating group) is 1. The summed E-state index contributed by atoms with van der Waals surface area (Å²) in [7, 11) is -3.64.